The molecule has 0 aliphatic carbocycles. The van der Waals surface area contributed by atoms with Gasteiger partial charge in [-0.25, -0.2) is 0 Å². The molecular formula is C12H14Cl2O3. The number of benzene rings is 1. The number of aliphatic hydroxyl groups excluding tert-OH is 1. The van der Waals surface area contributed by atoms with Crippen LogP contribution in [-0.2, 0) is 4.79 Å². The number of aliphatic hydroxyl groups is 1. The normalized spacial score (nSPS) is 13.3. The van der Waals surface area contributed by atoms with Crippen molar-refractivity contribution in [2.75, 3.05) is 0 Å². The van der Waals surface area contributed by atoms with Crippen LogP contribution in [0.4, 0.5) is 0 Å². The Bertz CT molecular complexity index is 404. The van der Waals surface area contributed by atoms with Crippen LogP contribution in [0.1, 0.15) is 20.8 Å². The number of carbonyl (C=O) groups excluding carboxylic acids is 1. The van der Waals surface area contributed by atoms with Gasteiger partial charge in [-0.15, -0.1) is 0 Å². The van der Waals surface area contributed by atoms with Gasteiger partial charge in [0.1, 0.15) is 0 Å². The lowest BCUT2D eigenvalue weighted by molar-refractivity contribution is -0.149. The maximum Gasteiger partial charge on any atom is 0.258 e. The average Bonchev–Trinajstić information content (AvgIpc) is 2.21. The number of para-hydroxylation sites is 1. The number of Topliss-reactive ketones (excluding diaryl/α,β-unsaturated/α-hetero) is 1. The third kappa shape index (κ3) is 3.60. The first kappa shape index (κ1) is 14.3. The highest BCUT2D eigenvalue weighted by molar-refractivity contribution is 6.37. The summed E-state index contributed by atoms with van der Waals surface area (Å²) in [6.07, 6.45) is -1.58. The van der Waals surface area contributed by atoms with Crippen molar-refractivity contribution < 1.29 is 14.6 Å². The minimum atomic E-state index is -1.58. The molecule has 0 heterocycles. The summed E-state index contributed by atoms with van der Waals surface area (Å²) in [6.45, 7) is 5.07. The summed E-state index contributed by atoms with van der Waals surface area (Å²) in [7, 11) is 0. The molecule has 1 aromatic rings. The molecule has 1 unspecified atom stereocenters. The van der Waals surface area contributed by atoms with Gasteiger partial charge in [0, 0.05) is 5.41 Å². The van der Waals surface area contributed by atoms with Gasteiger partial charge in [-0.1, -0.05) is 50.0 Å². The van der Waals surface area contributed by atoms with Gasteiger partial charge in [0.15, 0.2) is 5.75 Å². The number of ether oxygens (including phenoxy) is 1. The molecule has 0 saturated heterocycles. The van der Waals surface area contributed by atoms with Gasteiger partial charge in [0.25, 0.3) is 6.29 Å². The van der Waals surface area contributed by atoms with Crippen molar-refractivity contribution in [3.05, 3.63) is 28.2 Å². The first-order chi connectivity index (χ1) is 7.73. The Kier molecular flexibility index (Phi) is 4.42. The Balaban J connectivity index is 2.89. The first-order valence-corrected chi connectivity index (χ1v) is 5.82. The lowest BCUT2D eigenvalue weighted by Crippen LogP contribution is -2.36. The van der Waals surface area contributed by atoms with Crippen LogP contribution in [-0.4, -0.2) is 17.2 Å². The van der Waals surface area contributed by atoms with Gasteiger partial charge >= 0.3 is 0 Å². The molecule has 1 rings (SSSR count). The Morgan fingerprint density at radius 1 is 1.29 bits per heavy atom. The van der Waals surface area contributed by atoms with E-state index < -0.39 is 17.5 Å². The van der Waals surface area contributed by atoms with Crippen molar-refractivity contribution in [3.8, 4) is 5.75 Å². The van der Waals surface area contributed by atoms with Crippen molar-refractivity contribution in [2.24, 2.45) is 5.41 Å². The summed E-state index contributed by atoms with van der Waals surface area (Å²) in [5.74, 6) is -0.325. The smallest absolute Gasteiger partial charge is 0.258 e. The average molecular weight is 277 g/mol. The molecule has 0 aromatic heterocycles. The predicted molar refractivity (Wildman–Crippen MR) is 67.6 cm³/mol. The van der Waals surface area contributed by atoms with Gasteiger partial charge in [-0.05, 0) is 12.1 Å². The molecule has 0 aliphatic rings. The van der Waals surface area contributed by atoms with Crippen molar-refractivity contribution in [3.63, 3.8) is 0 Å². The van der Waals surface area contributed by atoms with Crippen LogP contribution in [0.5, 0.6) is 5.75 Å². The Morgan fingerprint density at radius 2 is 1.76 bits per heavy atom. The molecule has 0 amide bonds. The van der Waals surface area contributed by atoms with Gasteiger partial charge in [-0.3, -0.25) is 4.79 Å². The number of carbonyl (C=O) groups is 1. The Hall–Kier alpha value is -0.770. The number of hydrogen-bond acceptors (Lipinski definition) is 3. The SMILES string of the molecule is CC(C)(C)C(=O)C(O)Oc1c(Cl)cccc1Cl. The molecule has 1 aromatic carbocycles. The minimum absolute atomic E-state index is 0.112. The molecule has 0 spiro atoms. The molecule has 3 nitrogen and oxygen atoms in total. The van der Waals surface area contributed by atoms with E-state index in [0.29, 0.717) is 0 Å². The fraction of sp³-hybridized carbons (Fsp3) is 0.417. The fourth-order valence-electron chi connectivity index (χ4n) is 1.13. The summed E-state index contributed by atoms with van der Waals surface area (Å²) in [5.41, 5.74) is -0.701. The molecule has 94 valence electrons. The van der Waals surface area contributed by atoms with E-state index in [4.69, 9.17) is 27.9 Å². The van der Waals surface area contributed by atoms with Gasteiger partial charge < -0.3 is 9.84 Å². The quantitative estimate of drug-likeness (QED) is 0.862. The van der Waals surface area contributed by atoms with E-state index in [0.717, 1.165) is 0 Å². The van der Waals surface area contributed by atoms with Crippen LogP contribution in [0, 0.1) is 5.41 Å². The molecule has 0 aliphatic heterocycles. The summed E-state index contributed by atoms with van der Waals surface area (Å²) in [5, 5.41) is 10.2. The lowest BCUT2D eigenvalue weighted by atomic mass is 9.90. The zero-order valence-corrected chi connectivity index (χ0v) is 11.3. The molecular weight excluding hydrogens is 263 g/mol. The minimum Gasteiger partial charge on any atom is -0.454 e. The molecule has 1 N–H and O–H groups in total. The highest BCUT2D eigenvalue weighted by Gasteiger charge is 2.30. The fourth-order valence-corrected chi connectivity index (χ4v) is 1.62. The number of halogens is 2. The summed E-state index contributed by atoms with van der Waals surface area (Å²) in [6, 6.07) is 4.78. The van der Waals surface area contributed by atoms with Gasteiger partial charge in [-0.2, -0.15) is 0 Å². The molecule has 0 bridgehead atoms. The summed E-state index contributed by atoms with van der Waals surface area (Å²) >= 11 is 11.7. The number of hydrogen-bond donors (Lipinski definition) is 1. The Morgan fingerprint density at radius 3 is 2.18 bits per heavy atom. The maximum absolute atomic E-state index is 11.7. The van der Waals surface area contributed by atoms with E-state index in [9.17, 15) is 9.90 Å². The largest absolute Gasteiger partial charge is 0.454 e. The lowest BCUT2D eigenvalue weighted by Gasteiger charge is -2.22. The van der Waals surface area contributed by atoms with Crippen LogP contribution in [0.2, 0.25) is 10.0 Å². The second kappa shape index (κ2) is 5.25. The first-order valence-electron chi connectivity index (χ1n) is 5.06. The van der Waals surface area contributed by atoms with E-state index in [2.05, 4.69) is 0 Å². The molecule has 0 fully saturated rings. The van der Waals surface area contributed by atoms with Gasteiger partial charge in [0.2, 0.25) is 5.78 Å². The summed E-state index contributed by atoms with van der Waals surface area (Å²) in [4.78, 5) is 11.7. The predicted octanol–water partition coefficient (Wildman–Crippen LogP) is 3.31. The zero-order chi connectivity index (χ0) is 13.2. The monoisotopic (exact) mass is 276 g/mol. The second-order valence-electron chi connectivity index (χ2n) is 4.64. The Labute approximate surface area is 110 Å². The van der Waals surface area contributed by atoms with E-state index in [1.54, 1.807) is 39.0 Å². The van der Waals surface area contributed by atoms with E-state index in [1.807, 2.05) is 0 Å². The van der Waals surface area contributed by atoms with Crippen LogP contribution >= 0.6 is 23.2 Å². The topological polar surface area (TPSA) is 46.5 Å². The number of rotatable bonds is 3. The molecule has 5 heteroatoms. The van der Waals surface area contributed by atoms with E-state index in [1.165, 1.54) is 0 Å². The third-order valence-electron chi connectivity index (χ3n) is 2.11. The molecule has 0 saturated carbocycles. The second-order valence-corrected chi connectivity index (χ2v) is 5.45. The van der Waals surface area contributed by atoms with E-state index >= 15 is 0 Å². The highest BCUT2D eigenvalue weighted by Crippen LogP contribution is 2.33. The van der Waals surface area contributed by atoms with Crippen molar-refractivity contribution in [1.29, 1.82) is 0 Å². The van der Waals surface area contributed by atoms with Crippen molar-refractivity contribution >= 4 is 29.0 Å². The van der Waals surface area contributed by atoms with Crippen LogP contribution < -0.4 is 4.74 Å². The number of ketones is 1. The highest BCUT2D eigenvalue weighted by atomic mass is 35.5. The molecule has 1 atom stereocenters. The molecule has 0 radical (unpaired) electrons. The maximum atomic E-state index is 11.7. The van der Waals surface area contributed by atoms with Crippen molar-refractivity contribution in [1.82, 2.24) is 0 Å². The summed E-state index contributed by atoms with van der Waals surface area (Å²) < 4.78 is 5.11. The molecule has 17 heavy (non-hydrogen) atoms. The zero-order valence-electron chi connectivity index (χ0n) is 9.83. The standard InChI is InChI=1S/C12H14Cl2O3/c1-12(2,3)10(15)11(16)17-9-7(13)5-4-6-8(9)14/h4-6,11,16H,1-3H3. The van der Waals surface area contributed by atoms with Crippen LogP contribution in [0.3, 0.4) is 0 Å². The van der Waals surface area contributed by atoms with E-state index in [-0.39, 0.29) is 15.8 Å². The van der Waals surface area contributed by atoms with Crippen molar-refractivity contribution in [2.45, 2.75) is 27.1 Å². The third-order valence-corrected chi connectivity index (χ3v) is 2.71. The van der Waals surface area contributed by atoms with Crippen LogP contribution in [0.15, 0.2) is 18.2 Å². The van der Waals surface area contributed by atoms with Crippen LogP contribution in [0.25, 0.3) is 0 Å². The van der Waals surface area contributed by atoms with Gasteiger partial charge in [0.05, 0.1) is 10.0 Å².